The molecule has 0 saturated carbocycles. The number of carbonyl (C=O) groups excluding carboxylic acids is 1. The van der Waals surface area contributed by atoms with E-state index >= 15 is 0 Å². The summed E-state index contributed by atoms with van der Waals surface area (Å²) in [6, 6.07) is 0. The van der Waals surface area contributed by atoms with Crippen LogP contribution in [0.25, 0.3) is 0 Å². The first-order chi connectivity index (χ1) is 5.79. The summed E-state index contributed by atoms with van der Waals surface area (Å²) in [6.07, 6.45) is -1.02. The average molecular weight is 212 g/mol. The molecule has 7 nitrogen and oxygen atoms in total. The first kappa shape index (κ1) is 11.8. The number of carboxylic acid groups (broad SMARTS) is 1. The summed E-state index contributed by atoms with van der Waals surface area (Å²) in [7, 11) is -3.84. The Labute approximate surface area is 74.1 Å². The second kappa shape index (κ2) is 4.19. The van der Waals surface area contributed by atoms with Crippen molar-refractivity contribution in [2.75, 3.05) is 7.11 Å². The fraction of sp³-hybridized carbons (Fsp3) is 0.600. The van der Waals surface area contributed by atoms with Gasteiger partial charge in [-0.1, -0.05) is 0 Å². The summed E-state index contributed by atoms with van der Waals surface area (Å²) in [5.41, 5.74) is 0. The number of hydrogen-bond acceptors (Lipinski definition) is 5. The third-order valence-corrected chi connectivity index (χ3v) is 2.26. The van der Waals surface area contributed by atoms with E-state index in [1.165, 1.54) is 0 Å². The molecule has 1 unspecified atom stereocenters. The van der Waals surface area contributed by atoms with Gasteiger partial charge in [0.05, 0.1) is 13.5 Å². The van der Waals surface area contributed by atoms with Crippen molar-refractivity contribution >= 4 is 22.1 Å². The fourth-order valence-corrected chi connectivity index (χ4v) is 1.29. The average Bonchev–Trinajstić information content (AvgIpc) is 1.96. The monoisotopic (exact) mass is 212 g/mol. The molecular weight excluding hydrogens is 204 g/mol. The number of methoxy groups -OCH3 is 1. The van der Waals surface area contributed by atoms with Crippen LogP contribution in [0, 0.1) is 0 Å². The van der Waals surface area contributed by atoms with Gasteiger partial charge in [-0.25, -0.2) is 0 Å². The molecule has 0 bridgehead atoms. The first-order valence-corrected chi connectivity index (χ1v) is 4.55. The summed E-state index contributed by atoms with van der Waals surface area (Å²) < 4.78 is 33.4. The Bertz CT molecular complexity index is 303. The SMILES string of the molecule is COC(=O)C(CC(=O)O)S(=O)(=O)O. The predicted molar refractivity (Wildman–Crippen MR) is 39.6 cm³/mol. The second-order valence-electron chi connectivity index (χ2n) is 2.12. The van der Waals surface area contributed by atoms with Crippen LogP contribution in [0.15, 0.2) is 0 Å². The highest BCUT2D eigenvalue weighted by Gasteiger charge is 2.34. The number of carboxylic acids is 1. The normalized spacial score (nSPS) is 13.4. The van der Waals surface area contributed by atoms with E-state index in [0.29, 0.717) is 0 Å². The molecule has 0 aliphatic carbocycles. The van der Waals surface area contributed by atoms with Gasteiger partial charge in [0.2, 0.25) is 0 Å². The van der Waals surface area contributed by atoms with Gasteiger partial charge in [0.1, 0.15) is 0 Å². The zero-order valence-electron chi connectivity index (χ0n) is 6.63. The zero-order valence-corrected chi connectivity index (χ0v) is 7.44. The zero-order chi connectivity index (χ0) is 10.6. The maximum atomic E-state index is 10.7. The molecule has 2 N–H and O–H groups in total. The lowest BCUT2D eigenvalue weighted by atomic mass is 10.3. The van der Waals surface area contributed by atoms with Crippen molar-refractivity contribution in [1.29, 1.82) is 0 Å². The van der Waals surface area contributed by atoms with Gasteiger partial charge in [0, 0.05) is 0 Å². The molecule has 0 aromatic heterocycles. The van der Waals surface area contributed by atoms with E-state index in [2.05, 4.69) is 4.74 Å². The quantitative estimate of drug-likeness (QED) is 0.448. The minimum absolute atomic E-state index is 0.891. The third kappa shape index (κ3) is 3.85. The van der Waals surface area contributed by atoms with E-state index in [4.69, 9.17) is 9.66 Å². The lowest BCUT2D eigenvalue weighted by Crippen LogP contribution is -2.33. The van der Waals surface area contributed by atoms with Crippen molar-refractivity contribution in [1.82, 2.24) is 0 Å². The van der Waals surface area contributed by atoms with E-state index in [0.717, 1.165) is 7.11 Å². The van der Waals surface area contributed by atoms with Gasteiger partial charge in [0.15, 0.2) is 5.25 Å². The topological polar surface area (TPSA) is 118 Å². The number of hydrogen-bond donors (Lipinski definition) is 2. The van der Waals surface area contributed by atoms with Crippen LogP contribution in [0.2, 0.25) is 0 Å². The molecular formula is C5H8O7S. The van der Waals surface area contributed by atoms with Crippen LogP contribution in [-0.4, -0.2) is 42.4 Å². The number of rotatable bonds is 4. The summed E-state index contributed by atoms with van der Waals surface area (Å²) in [5, 5.41) is 6.15. The van der Waals surface area contributed by atoms with Gasteiger partial charge in [-0.3, -0.25) is 14.1 Å². The van der Waals surface area contributed by atoms with Crippen molar-refractivity contribution in [3.05, 3.63) is 0 Å². The molecule has 0 fully saturated rings. The van der Waals surface area contributed by atoms with Crippen molar-refractivity contribution in [2.24, 2.45) is 0 Å². The first-order valence-electron chi connectivity index (χ1n) is 3.05. The van der Waals surface area contributed by atoms with Crippen LogP contribution in [0.4, 0.5) is 0 Å². The Morgan fingerprint density at radius 2 is 1.92 bits per heavy atom. The molecule has 0 radical (unpaired) electrons. The van der Waals surface area contributed by atoms with Gasteiger partial charge < -0.3 is 9.84 Å². The summed E-state index contributed by atoms with van der Waals surface area (Å²) in [6.45, 7) is 0. The minimum atomic E-state index is -4.73. The highest BCUT2D eigenvalue weighted by molar-refractivity contribution is 7.87. The van der Waals surface area contributed by atoms with Crippen LogP contribution < -0.4 is 0 Å². The summed E-state index contributed by atoms with van der Waals surface area (Å²) in [5.74, 6) is -2.82. The Morgan fingerprint density at radius 3 is 2.15 bits per heavy atom. The highest BCUT2D eigenvalue weighted by Crippen LogP contribution is 2.06. The number of carbonyl (C=O) groups is 2. The van der Waals surface area contributed by atoms with Crippen LogP contribution >= 0.6 is 0 Å². The molecule has 0 spiro atoms. The number of ether oxygens (including phenoxy) is 1. The van der Waals surface area contributed by atoms with E-state index in [1.807, 2.05) is 0 Å². The van der Waals surface area contributed by atoms with Crippen molar-refractivity contribution in [3.63, 3.8) is 0 Å². The van der Waals surface area contributed by atoms with Crippen molar-refractivity contribution in [2.45, 2.75) is 11.7 Å². The van der Waals surface area contributed by atoms with E-state index < -0.39 is 33.7 Å². The standard InChI is InChI=1S/C5H8O7S/c1-12-5(8)3(2-4(6)7)13(9,10)11/h3H,2H2,1H3,(H,6,7)(H,9,10,11). The highest BCUT2D eigenvalue weighted by atomic mass is 32.2. The molecule has 8 heteroatoms. The van der Waals surface area contributed by atoms with Crippen LogP contribution in [0.5, 0.6) is 0 Å². The predicted octanol–water partition coefficient (Wildman–Crippen LogP) is -1.11. The van der Waals surface area contributed by atoms with E-state index in [-0.39, 0.29) is 0 Å². The second-order valence-corrected chi connectivity index (χ2v) is 3.72. The Morgan fingerprint density at radius 1 is 1.46 bits per heavy atom. The lowest BCUT2D eigenvalue weighted by molar-refractivity contribution is -0.145. The lowest BCUT2D eigenvalue weighted by Gasteiger charge is -2.07. The Kier molecular flexibility index (Phi) is 3.82. The number of esters is 1. The smallest absolute Gasteiger partial charge is 0.327 e. The van der Waals surface area contributed by atoms with Gasteiger partial charge in [0.25, 0.3) is 10.1 Å². The summed E-state index contributed by atoms with van der Waals surface area (Å²) >= 11 is 0. The molecule has 76 valence electrons. The molecule has 1 atom stereocenters. The largest absolute Gasteiger partial charge is 0.481 e. The molecule has 0 aliphatic rings. The van der Waals surface area contributed by atoms with Crippen molar-refractivity contribution < 1.29 is 32.4 Å². The summed E-state index contributed by atoms with van der Waals surface area (Å²) in [4.78, 5) is 20.8. The van der Waals surface area contributed by atoms with Gasteiger partial charge >= 0.3 is 11.9 Å². The van der Waals surface area contributed by atoms with Crippen LogP contribution in [0.3, 0.4) is 0 Å². The van der Waals surface area contributed by atoms with E-state index in [9.17, 15) is 18.0 Å². The van der Waals surface area contributed by atoms with Crippen molar-refractivity contribution in [3.8, 4) is 0 Å². The molecule has 0 aliphatic heterocycles. The molecule has 0 aromatic carbocycles. The molecule has 0 heterocycles. The molecule has 0 saturated heterocycles. The molecule has 0 amide bonds. The molecule has 0 aromatic rings. The fourth-order valence-electron chi connectivity index (χ4n) is 0.600. The minimum Gasteiger partial charge on any atom is -0.481 e. The van der Waals surface area contributed by atoms with Gasteiger partial charge in [-0.2, -0.15) is 8.42 Å². The van der Waals surface area contributed by atoms with Gasteiger partial charge in [-0.05, 0) is 0 Å². The Hall–Kier alpha value is -1.15. The molecule has 0 rings (SSSR count). The number of aliphatic carboxylic acids is 1. The maximum absolute atomic E-state index is 10.7. The maximum Gasteiger partial charge on any atom is 0.327 e. The third-order valence-electron chi connectivity index (χ3n) is 1.18. The van der Waals surface area contributed by atoms with Gasteiger partial charge in [-0.15, -0.1) is 0 Å². The van der Waals surface area contributed by atoms with Crippen LogP contribution in [0.1, 0.15) is 6.42 Å². The van der Waals surface area contributed by atoms with E-state index in [1.54, 1.807) is 0 Å². The Balaban J connectivity index is 4.77. The molecule has 13 heavy (non-hydrogen) atoms. The van der Waals surface area contributed by atoms with Crippen LogP contribution in [-0.2, 0) is 24.4 Å².